The van der Waals surface area contributed by atoms with Gasteiger partial charge in [-0.1, -0.05) is 13.8 Å². The van der Waals surface area contributed by atoms with Crippen LogP contribution in [0, 0.1) is 12.3 Å². The maximum atomic E-state index is 9.69. The van der Waals surface area contributed by atoms with Crippen LogP contribution in [-0.2, 0) is 0 Å². The average Bonchev–Trinajstić information content (AvgIpc) is 2.42. The summed E-state index contributed by atoms with van der Waals surface area (Å²) in [6.45, 7) is 5.87. The number of fused-ring (bicyclic) bond motifs is 1. The van der Waals surface area contributed by atoms with E-state index in [1.54, 1.807) is 6.07 Å². The molecular formula is C16H21NO2. The molecule has 1 spiro atoms. The number of hydrogen-bond acceptors (Lipinski definition) is 3. The summed E-state index contributed by atoms with van der Waals surface area (Å²) in [5.41, 5.74) is 2.38. The highest BCUT2D eigenvalue weighted by Gasteiger charge is 2.44. The zero-order valence-corrected chi connectivity index (χ0v) is 11.8. The third-order valence-corrected chi connectivity index (χ3v) is 3.89. The molecule has 1 heterocycles. The Balaban J connectivity index is 0.000000637. The van der Waals surface area contributed by atoms with Gasteiger partial charge in [-0.2, -0.15) is 0 Å². The Kier molecular flexibility index (Phi) is 3.65. The lowest BCUT2D eigenvalue weighted by atomic mass is 9.73. The molecule has 0 atom stereocenters. The Morgan fingerprint density at radius 2 is 2.00 bits per heavy atom. The summed E-state index contributed by atoms with van der Waals surface area (Å²) in [5, 5.41) is 17.2. The first kappa shape index (κ1) is 13.7. The Labute approximate surface area is 114 Å². The van der Waals surface area contributed by atoms with Gasteiger partial charge in [-0.3, -0.25) is 0 Å². The largest absolute Gasteiger partial charge is 0.508 e. The molecule has 1 aromatic carbocycles. The normalized spacial score (nSPS) is 18.2. The Morgan fingerprint density at radius 3 is 2.53 bits per heavy atom. The number of benzene rings is 1. The topological polar surface area (TPSA) is 53.3 Å². The van der Waals surface area contributed by atoms with E-state index in [4.69, 9.17) is 10.1 Å². The van der Waals surface area contributed by atoms with Gasteiger partial charge in [-0.25, -0.2) is 0 Å². The van der Waals surface area contributed by atoms with E-state index < -0.39 is 0 Å². The summed E-state index contributed by atoms with van der Waals surface area (Å²) >= 11 is 0. The number of phenolic OH excluding ortho intramolecular Hbond substituents is 1. The van der Waals surface area contributed by atoms with Crippen molar-refractivity contribution in [3.63, 3.8) is 0 Å². The third kappa shape index (κ3) is 2.03. The van der Waals surface area contributed by atoms with E-state index in [1.807, 2.05) is 32.9 Å². The molecule has 1 fully saturated rings. The number of phenols is 1. The first-order valence-corrected chi connectivity index (χ1v) is 6.90. The molecule has 0 bridgehead atoms. The summed E-state index contributed by atoms with van der Waals surface area (Å²) in [4.78, 5) is 0. The standard InChI is InChI=1S/C14H15NO2.C2H6/c1-9-11-7-10(8-15)14(5-2-6-14)17-13(11)4-3-12(9)16;1-2/h3-4,7-8,15-16H,2,5-6H2,1H3;1-2H3. The van der Waals surface area contributed by atoms with E-state index in [0.29, 0.717) is 0 Å². The first-order chi connectivity index (χ1) is 9.16. The number of aromatic hydroxyl groups is 1. The molecule has 0 aromatic heterocycles. The van der Waals surface area contributed by atoms with Crippen LogP contribution in [0.5, 0.6) is 11.5 Å². The van der Waals surface area contributed by atoms with E-state index in [0.717, 1.165) is 41.7 Å². The zero-order valence-electron chi connectivity index (χ0n) is 11.8. The lowest BCUT2D eigenvalue weighted by molar-refractivity contribution is 0.0323. The fourth-order valence-electron chi connectivity index (χ4n) is 2.58. The second-order valence-electron chi connectivity index (χ2n) is 4.82. The molecule has 3 rings (SSSR count). The van der Waals surface area contributed by atoms with Crippen LogP contribution in [0.4, 0.5) is 0 Å². The molecule has 1 aliphatic heterocycles. The van der Waals surface area contributed by atoms with Gasteiger partial charge in [0.05, 0.1) is 0 Å². The summed E-state index contributed by atoms with van der Waals surface area (Å²) in [5.74, 6) is 1.10. The highest BCUT2D eigenvalue weighted by molar-refractivity contribution is 5.89. The Bertz CT molecular complexity index is 528. The molecule has 3 nitrogen and oxygen atoms in total. The molecule has 3 heteroatoms. The minimum Gasteiger partial charge on any atom is -0.508 e. The molecule has 2 N–H and O–H groups in total. The highest BCUT2D eigenvalue weighted by Crippen LogP contribution is 2.47. The van der Waals surface area contributed by atoms with Gasteiger partial charge in [0.1, 0.15) is 17.1 Å². The van der Waals surface area contributed by atoms with Crippen LogP contribution >= 0.6 is 0 Å². The molecule has 102 valence electrons. The number of ether oxygens (including phenoxy) is 1. The number of nitrogens with one attached hydrogen (secondary N) is 1. The van der Waals surface area contributed by atoms with Gasteiger partial charge in [0.2, 0.25) is 0 Å². The summed E-state index contributed by atoms with van der Waals surface area (Å²) in [7, 11) is 0. The highest BCUT2D eigenvalue weighted by atomic mass is 16.5. The molecule has 0 radical (unpaired) electrons. The second-order valence-corrected chi connectivity index (χ2v) is 4.82. The fourth-order valence-corrected chi connectivity index (χ4v) is 2.58. The van der Waals surface area contributed by atoms with Crippen molar-refractivity contribution in [1.29, 1.82) is 5.41 Å². The predicted molar refractivity (Wildman–Crippen MR) is 78.2 cm³/mol. The summed E-state index contributed by atoms with van der Waals surface area (Å²) in [6, 6.07) is 3.48. The van der Waals surface area contributed by atoms with Crippen molar-refractivity contribution >= 4 is 12.3 Å². The van der Waals surface area contributed by atoms with Crippen molar-refractivity contribution in [1.82, 2.24) is 0 Å². The van der Waals surface area contributed by atoms with Gasteiger partial charge in [0.25, 0.3) is 0 Å². The van der Waals surface area contributed by atoms with Crippen LogP contribution < -0.4 is 4.74 Å². The monoisotopic (exact) mass is 259 g/mol. The van der Waals surface area contributed by atoms with E-state index in [1.165, 1.54) is 6.21 Å². The van der Waals surface area contributed by atoms with Crippen molar-refractivity contribution < 1.29 is 9.84 Å². The zero-order chi connectivity index (χ0) is 14.0. The molecule has 0 saturated heterocycles. The van der Waals surface area contributed by atoms with Gasteiger partial charge >= 0.3 is 0 Å². The van der Waals surface area contributed by atoms with Crippen molar-refractivity contribution in [2.45, 2.75) is 45.6 Å². The second kappa shape index (κ2) is 5.08. The van der Waals surface area contributed by atoms with Crippen molar-refractivity contribution in [2.75, 3.05) is 0 Å². The van der Waals surface area contributed by atoms with Crippen LogP contribution in [-0.4, -0.2) is 16.9 Å². The molecule has 0 amide bonds. The summed E-state index contributed by atoms with van der Waals surface area (Å²) < 4.78 is 6.06. The molecule has 0 unspecified atom stereocenters. The molecule has 19 heavy (non-hydrogen) atoms. The van der Waals surface area contributed by atoms with Gasteiger partial charge in [0.15, 0.2) is 0 Å². The lowest BCUT2D eigenvalue weighted by Gasteiger charge is -2.45. The van der Waals surface area contributed by atoms with E-state index in [-0.39, 0.29) is 11.4 Å². The van der Waals surface area contributed by atoms with Crippen molar-refractivity contribution in [3.8, 4) is 11.5 Å². The van der Waals surface area contributed by atoms with E-state index in [9.17, 15) is 5.11 Å². The molecule has 1 saturated carbocycles. The SMILES string of the molecule is CC.Cc1c(O)ccc2c1C=C(C=N)C1(CCC1)O2. The molecule has 1 aromatic rings. The van der Waals surface area contributed by atoms with Crippen molar-refractivity contribution in [3.05, 3.63) is 28.8 Å². The molecular weight excluding hydrogens is 238 g/mol. The third-order valence-electron chi connectivity index (χ3n) is 3.89. The Hall–Kier alpha value is -1.77. The first-order valence-electron chi connectivity index (χ1n) is 6.90. The van der Waals surface area contributed by atoms with Crippen LogP contribution in [0.1, 0.15) is 44.2 Å². The minimum atomic E-state index is -0.266. The van der Waals surface area contributed by atoms with E-state index in [2.05, 4.69) is 0 Å². The van der Waals surface area contributed by atoms with E-state index >= 15 is 0 Å². The number of rotatable bonds is 1. The smallest absolute Gasteiger partial charge is 0.135 e. The number of hydrogen-bond donors (Lipinski definition) is 2. The molecule has 2 aliphatic rings. The van der Waals surface area contributed by atoms with Gasteiger partial charge in [-0.05, 0) is 44.4 Å². The maximum Gasteiger partial charge on any atom is 0.135 e. The van der Waals surface area contributed by atoms with Crippen LogP contribution in [0.2, 0.25) is 0 Å². The van der Waals surface area contributed by atoms with Crippen molar-refractivity contribution in [2.24, 2.45) is 0 Å². The van der Waals surface area contributed by atoms with Gasteiger partial charge in [0, 0.05) is 22.9 Å². The predicted octanol–water partition coefficient (Wildman–Crippen LogP) is 4.07. The van der Waals surface area contributed by atoms with Crippen LogP contribution in [0.3, 0.4) is 0 Å². The Morgan fingerprint density at radius 1 is 1.32 bits per heavy atom. The van der Waals surface area contributed by atoms with Crippen LogP contribution in [0.25, 0.3) is 6.08 Å². The average molecular weight is 259 g/mol. The van der Waals surface area contributed by atoms with Crippen LogP contribution in [0.15, 0.2) is 17.7 Å². The molecule has 1 aliphatic carbocycles. The minimum absolute atomic E-state index is 0.266. The van der Waals surface area contributed by atoms with Gasteiger partial charge < -0.3 is 15.3 Å². The maximum absolute atomic E-state index is 9.69. The lowest BCUT2D eigenvalue weighted by Crippen LogP contribution is -2.46. The van der Waals surface area contributed by atoms with Gasteiger partial charge in [-0.15, -0.1) is 0 Å². The summed E-state index contributed by atoms with van der Waals surface area (Å²) in [6.07, 6.45) is 6.48. The fraction of sp³-hybridized carbons (Fsp3) is 0.438. The quantitative estimate of drug-likeness (QED) is 0.747.